The van der Waals surface area contributed by atoms with Gasteiger partial charge in [-0.3, -0.25) is 9.59 Å². The topological polar surface area (TPSA) is 83.4 Å². The molecule has 2 spiro atoms. The van der Waals surface area contributed by atoms with Crippen LogP contribution in [0.1, 0.15) is 40.0 Å². The maximum absolute atomic E-state index is 13.2. The highest BCUT2D eigenvalue weighted by atomic mass is 16.5. The van der Waals surface area contributed by atoms with Crippen LogP contribution in [0.4, 0.5) is 0 Å². The Hall–Kier alpha value is -2.02. The molecule has 5 aliphatic rings. The molecule has 4 heterocycles. The summed E-state index contributed by atoms with van der Waals surface area (Å²) in [5.74, 6) is 1.09. The van der Waals surface area contributed by atoms with E-state index < -0.39 is 5.41 Å². The highest BCUT2D eigenvalue weighted by molar-refractivity contribution is 6.00. The largest absolute Gasteiger partial charge is 0.370 e. The lowest BCUT2D eigenvalue weighted by Crippen LogP contribution is -2.63. The van der Waals surface area contributed by atoms with Crippen molar-refractivity contribution >= 4 is 11.7 Å². The number of carbonyl (C=O) groups excluding carboxylic acids is 2. The number of ether oxygens (including phenoxy) is 1. The van der Waals surface area contributed by atoms with Gasteiger partial charge < -0.3 is 15.0 Å². The third-order valence-corrected chi connectivity index (χ3v) is 6.54. The molecule has 1 aliphatic carbocycles. The predicted molar refractivity (Wildman–Crippen MR) is 92.9 cm³/mol. The molecule has 1 N–H and O–H groups in total. The molecule has 26 heavy (non-hydrogen) atoms. The van der Waals surface area contributed by atoms with Gasteiger partial charge in [0.2, 0.25) is 5.91 Å². The Morgan fingerprint density at radius 3 is 2.77 bits per heavy atom. The summed E-state index contributed by atoms with van der Waals surface area (Å²) < 4.78 is 6.28. The van der Waals surface area contributed by atoms with Gasteiger partial charge in [-0.2, -0.15) is 5.11 Å². The molecule has 4 aliphatic heterocycles. The van der Waals surface area contributed by atoms with Crippen LogP contribution in [0.2, 0.25) is 0 Å². The lowest BCUT2D eigenvalue weighted by molar-refractivity contribution is -0.155. The first-order chi connectivity index (χ1) is 12.2. The number of rotatable bonds is 0. The first-order valence-electron chi connectivity index (χ1n) is 9.28. The van der Waals surface area contributed by atoms with Crippen molar-refractivity contribution in [2.24, 2.45) is 21.1 Å². The summed E-state index contributed by atoms with van der Waals surface area (Å²) in [6, 6.07) is 0. The Morgan fingerprint density at radius 2 is 2.04 bits per heavy atom. The average Bonchev–Trinajstić information content (AvgIpc) is 3.09. The molecule has 0 saturated carbocycles. The van der Waals surface area contributed by atoms with Crippen LogP contribution in [0.3, 0.4) is 0 Å². The Labute approximate surface area is 152 Å². The van der Waals surface area contributed by atoms with Crippen molar-refractivity contribution in [1.82, 2.24) is 10.2 Å². The third kappa shape index (κ3) is 2.03. The van der Waals surface area contributed by atoms with Crippen molar-refractivity contribution in [1.29, 1.82) is 0 Å². The van der Waals surface area contributed by atoms with Gasteiger partial charge in [0.05, 0.1) is 31.7 Å². The van der Waals surface area contributed by atoms with Gasteiger partial charge in [-0.15, -0.1) is 5.11 Å². The molecule has 7 heteroatoms. The molecule has 138 valence electrons. The van der Waals surface area contributed by atoms with E-state index in [-0.39, 0.29) is 22.7 Å². The van der Waals surface area contributed by atoms with Crippen molar-refractivity contribution in [2.75, 3.05) is 26.2 Å². The number of allylic oxidation sites excluding steroid dienone is 1. The summed E-state index contributed by atoms with van der Waals surface area (Å²) in [6.45, 7) is 8.07. The molecule has 0 aromatic rings. The molecule has 0 aromatic carbocycles. The van der Waals surface area contributed by atoms with Crippen LogP contribution in [-0.2, 0) is 14.3 Å². The number of azo groups is 1. The highest BCUT2D eigenvalue weighted by Crippen LogP contribution is 2.58. The van der Waals surface area contributed by atoms with Gasteiger partial charge in [0.15, 0.2) is 11.6 Å². The first-order valence-corrected chi connectivity index (χ1v) is 9.28. The van der Waals surface area contributed by atoms with Gasteiger partial charge in [0.1, 0.15) is 5.60 Å². The number of ketones is 1. The van der Waals surface area contributed by atoms with E-state index in [1.807, 2.05) is 0 Å². The summed E-state index contributed by atoms with van der Waals surface area (Å²) in [6.07, 6.45) is 2.12. The lowest BCUT2D eigenvalue weighted by Gasteiger charge is -2.48. The molecule has 1 unspecified atom stereocenters. The number of nitrogens with one attached hydrogen (secondary N) is 1. The molecule has 2 fully saturated rings. The van der Waals surface area contributed by atoms with E-state index in [9.17, 15) is 9.59 Å². The lowest BCUT2D eigenvalue weighted by atomic mass is 9.61. The Bertz CT molecular complexity index is 832. The normalized spacial score (nSPS) is 33.5. The smallest absolute Gasteiger partial charge is 0.219 e. The van der Waals surface area contributed by atoms with Crippen molar-refractivity contribution in [3.05, 3.63) is 22.7 Å². The summed E-state index contributed by atoms with van der Waals surface area (Å²) in [5, 5.41) is 11.9. The predicted octanol–water partition coefficient (Wildman–Crippen LogP) is 1.92. The van der Waals surface area contributed by atoms with E-state index in [0.29, 0.717) is 32.7 Å². The molecule has 7 nitrogen and oxygen atoms in total. The molecule has 2 saturated heterocycles. The number of nitrogens with zero attached hydrogens (tertiary/aromatic N) is 3. The van der Waals surface area contributed by atoms with E-state index in [1.54, 1.807) is 11.8 Å². The zero-order chi connectivity index (χ0) is 18.3. The zero-order valence-corrected chi connectivity index (χ0v) is 15.5. The minimum atomic E-state index is -0.435. The van der Waals surface area contributed by atoms with Crippen LogP contribution in [0.25, 0.3) is 0 Å². The fourth-order valence-electron chi connectivity index (χ4n) is 5.43. The van der Waals surface area contributed by atoms with Crippen LogP contribution in [0.5, 0.6) is 0 Å². The van der Waals surface area contributed by atoms with Crippen LogP contribution in [0.15, 0.2) is 32.9 Å². The minimum Gasteiger partial charge on any atom is -0.370 e. The van der Waals surface area contributed by atoms with Gasteiger partial charge in [-0.1, -0.05) is 13.8 Å². The molecule has 0 bridgehead atoms. The molecular formula is C19H24N4O3. The van der Waals surface area contributed by atoms with Gasteiger partial charge >= 0.3 is 0 Å². The standard InChI is InChI=1S/C19H24N4O3/c1-11(24)23-8-18(9-23)7-19(10-26-18)12-6-20-22-16(12)21-13-4-17(2,3)5-14(25)15(13)19/h21H,4-10H2,1-3H3. The van der Waals surface area contributed by atoms with Crippen LogP contribution in [0, 0.1) is 10.8 Å². The Morgan fingerprint density at radius 1 is 1.27 bits per heavy atom. The molecule has 0 aromatic heterocycles. The van der Waals surface area contributed by atoms with E-state index >= 15 is 0 Å². The fourth-order valence-corrected chi connectivity index (χ4v) is 5.43. The van der Waals surface area contributed by atoms with E-state index in [2.05, 4.69) is 29.4 Å². The quantitative estimate of drug-likeness (QED) is 0.719. The monoisotopic (exact) mass is 356 g/mol. The SMILES string of the molecule is CC(=O)N1CC2(C1)CC1(CO2)C2=C(N=NC2)NC2=C1C(=O)CC(C)(C)C2. The third-order valence-electron chi connectivity index (χ3n) is 6.54. The highest BCUT2D eigenvalue weighted by Gasteiger charge is 2.62. The molecule has 1 amide bonds. The first kappa shape index (κ1) is 16.2. The number of hydrogen-bond donors (Lipinski definition) is 1. The van der Waals surface area contributed by atoms with Crippen LogP contribution in [-0.4, -0.2) is 48.4 Å². The second-order valence-electron chi connectivity index (χ2n) is 9.25. The number of hydrogen-bond acceptors (Lipinski definition) is 6. The second-order valence-corrected chi connectivity index (χ2v) is 9.25. The van der Waals surface area contributed by atoms with Crippen LogP contribution < -0.4 is 5.32 Å². The van der Waals surface area contributed by atoms with Gasteiger partial charge in [-0.25, -0.2) is 0 Å². The summed E-state index contributed by atoms with van der Waals surface area (Å²) in [5.41, 5.74) is 2.14. The number of carbonyl (C=O) groups is 2. The van der Waals surface area contributed by atoms with Gasteiger partial charge in [0.25, 0.3) is 0 Å². The van der Waals surface area contributed by atoms with Crippen molar-refractivity contribution < 1.29 is 14.3 Å². The van der Waals surface area contributed by atoms with Gasteiger partial charge in [-0.05, 0) is 18.3 Å². The second kappa shape index (κ2) is 4.82. The van der Waals surface area contributed by atoms with E-state index in [0.717, 1.165) is 35.5 Å². The molecule has 0 radical (unpaired) electrons. The number of dihydropyridines is 1. The minimum absolute atomic E-state index is 0.0586. The van der Waals surface area contributed by atoms with E-state index in [1.165, 1.54) is 0 Å². The van der Waals surface area contributed by atoms with Crippen molar-refractivity contribution in [2.45, 2.75) is 45.6 Å². The maximum atomic E-state index is 13.2. The van der Waals surface area contributed by atoms with Crippen molar-refractivity contribution in [3.63, 3.8) is 0 Å². The maximum Gasteiger partial charge on any atom is 0.219 e. The molecule has 1 atom stereocenters. The summed E-state index contributed by atoms with van der Waals surface area (Å²) >= 11 is 0. The molecular weight excluding hydrogens is 332 g/mol. The Kier molecular flexibility index (Phi) is 3.00. The molecule has 5 rings (SSSR count). The summed E-state index contributed by atoms with van der Waals surface area (Å²) in [7, 11) is 0. The zero-order valence-electron chi connectivity index (χ0n) is 15.5. The van der Waals surface area contributed by atoms with Crippen LogP contribution >= 0.6 is 0 Å². The number of Topliss-reactive ketones (excluding diaryl/α,β-unsaturated/α-hetero) is 1. The van der Waals surface area contributed by atoms with E-state index in [4.69, 9.17) is 4.74 Å². The number of likely N-dealkylation sites (tertiary alicyclic amines) is 1. The average molecular weight is 356 g/mol. The summed E-state index contributed by atoms with van der Waals surface area (Å²) in [4.78, 5) is 26.6. The fraction of sp³-hybridized carbons (Fsp3) is 0.684. The number of fused-ring (bicyclic) bond motifs is 2. The van der Waals surface area contributed by atoms with Crippen molar-refractivity contribution in [3.8, 4) is 0 Å². The number of amides is 1. The Balaban J connectivity index is 1.56. The van der Waals surface area contributed by atoms with Gasteiger partial charge in [0, 0.05) is 30.2 Å².